The SMILES string of the molecule is CC/C(=C(/c1ccc(/C=C/C(=O)O)cc1)c1ccc(-c2cncs2)cc1)c1ccc(F)cc1Cl. The molecule has 1 heterocycles. The Kier molecular flexibility index (Phi) is 7.36. The van der Waals surface area contributed by atoms with Crippen molar-refractivity contribution >= 4 is 46.1 Å². The third kappa shape index (κ3) is 5.33. The van der Waals surface area contributed by atoms with Gasteiger partial charge in [-0.3, -0.25) is 4.98 Å². The zero-order chi connectivity index (χ0) is 24.1. The first-order valence-corrected chi connectivity index (χ1v) is 11.9. The average molecular weight is 490 g/mol. The minimum absolute atomic E-state index is 0.358. The summed E-state index contributed by atoms with van der Waals surface area (Å²) < 4.78 is 13.8. The van der Waals surface area contributed by atoms with Crippen molar-refractivity contribution in [2.24, 2.45) is 0 Å². The van der Waals surface area contributed by atoms with E-state index >= 15 is 0 Å². The fourth-order valence-electron chi connectivity index (χ4n) is 3.84. The van der Waals surface area contributed by atoms with E-state index in [0.717, 1.165) is 49.9 Å². The molecule has 0 saturated carbocycles. The fourth-order valence-corrected chi connectivity index (χ4v) is 4.75. The third-order valence-corrected chi connectivity index (χ3v) is 6.55. The number of carbonyl (C=O) groups is 1. The number of aliphatic carboxylic acids is 1. The third-order valence-electron chi connectivity index (χ3n) is 5.42. The number of hydrogen-bond acceptors (Lipinski definition) is 3. The maximum Gasteiger partial charge on any atom is 0.328 e. The summed E-state index contributed by atoms with van der Waals surface area (Å²) >= 11 is 8.05. The van der Waals surface area contributed by atoms with E-state index in [9.17, 15) is 9.18 Å². The van der Waals surface area contributed by atoms with Gasteiger partial charge in [-0.1, -0.05) is 73.1 Å². The number of aromatic nitrogens is 1. The maximum atomic E-state index is 13.8. The Bertz CT molecular complexity index is 1360. The van der Waals surface area contributed by atoms with Crippen LogP contribution in [0.2, 0.25) is 5.02 Å². The van der Waals surface area contributed by atoms with Crippen molar-refractivity contribution in [3.63, 3.8) is 0 Å². The van der Waals surface area contributed by atoms with Gasteiger partial charge in [0.15, 0.2) is 0 Å². The van der Waals surface area contributed by atoms with Crippen LogP contribution >= 0.6 is 22.9 Å². The van der Waals surface area contributed by atoms with Crippen LogP contribution in [-0.4, -0.2) is 16.1 Å². The van der Waals surface area contributed by atoms with Crippen LogP contribution in [0.4, 0.5) is 4.39 Å². The number of hydrogen-bond donors (Lipinski definition) is 1. The lowest BCUT2D eigenvalue weighted by Crippen LogP contribution is -1.96. The van der Waals surface area contributed by atoms with Crippen LogP contribution in [-0.2, 0) is 4.79 Å². The van der Waals surface area contributed by atoms with Gasteiger partial charge < -0.3 is 5.11 Å². The number of carboxylic acids is 1. The van der Waals surface area contributed by atoms with Crippen LogP contribution in [0.25, 0.3) is 27.7 Å². The Labute approximate surface area is 206 Å². The Hall–Kier alpha value is -3.54. The Morgan fingerprint density at radius 3 is 2.29 bits per heavy atom. The molecule has 4 rings (SSSR count). The number of rotatable bonds is 7. The lowest BCUT2D eigenvalue weighted by molar-refractivity contribution is -0.131. The molecule has 1 aromatic heterocycles. The molecule has 0 bridgehead atoms. The van der Waals surface area contributed by atoms with Gasteiger partial charge in [0.05, 0.1) is 15.4 Å². The number of nitrogens with zero attached hydrogens (tertiary/aromatic N) is 1. The molecule has 6 heteroatoms. The summed E-state index contributed by atoms with van der Waals surface area (Å²) in [7, 11) is 0. The van der Waals surface area contributed by atoms with Gasteiger partial charge in [0.25, 0.3) is 0 Å². The van der Waals surface area contributed by atoms with Crippen molar-refractivity contribution in [2.45, 2.75) is 13.3 Å². The summed E-state index contributed by atoms with van der Waals surface area (Å²) in [5.74, 6) is -1.38. The predicted molar refractivity (Wildman–Crippen MR) is 138 cm³/mol. The minimum Gasteiger partial charge on any atom is -0.478 e. The molecule has 4 aromatic rings. The predicted octanol–water partition coefficient (Wildman–Crippen LogP) is 8.07. The van der Waals surface area contributed by atoms with Gasteiger partial charge >= 0.3 is 5.97 Å². The summed E-state index contributed by atoms with van der Waals surface area (Å²) in [6.45, 7) is 2.05. The van der Waals surface area contributed by atoms with Crippen molar-refractivity contribution in [3.05, 3.63) is 118 Å². The monoisotopic (exact) mass is 489 g/mol. The van der Waals surface area contributed by atoms with E-state index in [1.165, 1.54) is 12.1 Å². The smallest absolute Gasteiger partial charge is 0.328 e. The molecule has 1 N–H and O–H groups in total. The minimum atomic E-state index is -0.995. The highest BCUT2D eigenvalue weighted by Gasteiger charge is 2.16. The first-order valence-electron chi connectivity index (χ1n) is 10.7. The van der Waals surface area contributed by atoms with Gasteiger partial charge in [-0.15, -0.1) is 11.3 Å². The Balaban J connectivity index is 1.87. The van der Waals surface area contributed by atoms with Crippen molar-refractivity contribution in [1.82, 2.24) is 4.98 Å². The molecule has 0 atom stereocenters. The standard InChI is InChI=1S/C28H21ClFNO2S/c1-2-23(24-13-12-22(30)15-25(24)29)28(20-6-3-18(4-7-20)5-14-27(32)33)21-10-8-19(9-11-21)26-16-31-17-34-26/h3-17H,2H2,1H3,(H,32,33)/b14-5+,28-23+. The van der Waals surface area contributed by atoms with Gasteiger partial charge in [0.2, 0.25) is 0 Å². The molecule has 3 aromatic carbocycles. The normalized spacial score (nSPS) is 12.1. The van der Waals surface area contributed by atoms with E-state index in [1.54, 1.807) is 29.0 Å². The molecular formula is C28H21ClFNO2S. The summed E-state index contributed by atoms with van der Waals surface area (Å²) in [4.78, 5) is 16.1. The van der Waals surface area contributed by atoms with Crippen molar-refractivity contribution in [3.8, 4) is 10.4 Å². The number of benzene rings is 3. The number of allylic oxidation sites excluding steroid dienone is 1. The largest absolute Gasteiger partial charge is 0.478 e. The van der Waals surface area contributed by atoms with Crippen molar-refractivity contribution in [1.29, 1.82) is 0 Å². The topological polar surface area (TPSA) is 50.2 Å². The molecule has 0 spiro atoms. The van der Waals surface area contributed by atoms with Crippen LogP contribution in [0, 0.1) is 5.82 Å². The molecule has 34 heavy (non-hydrogen) atoms. The molecule has 0 unspecified atom stereocenters. The highest BCUT2D eigenvalue weighted by Crippen LogP contribution is 2.38. The summed E-state index contributed by atoms with van der Waals surface area (Å²) in [6, 6.07) is 20.4. The highest BCUT2D eigenvalue weighted by atomic mass is 35.5. The molecule has 0 saturated heterocycles. The van der Waals surface area contributed by atoms with Gasteiger partial charge in [0, 0.05) is 12.3 Å². The lowest BCUT2D eigenvalue weighted by Gasteiger charge is -2.18. The maximum absolute atomic E-state index is 13.8. The summed E-state index contributed by atoms with van der Waals surface area (Å²) in [5.41, 5.74) is 8.38. The van der Waals surface area contributed by atoms with Crippen LogP contribution in [0.5, 0.6) is 0 Å². The summed E-state index contributed by atoms with van der Waals surface area (Å²) in [5, 5.41) is 9.25. The second-order valence-corrected chi connectivity index (χ2v) is 8.86. The van der Waals surface area contributed by atoms with E-state index < -0.39 is 5.97 Å². The van der Waals surface area contributed by atoms with Gasteiger partial charge in [-0.05, 0) is 63.6 Å². The van der Waals surface area contributed by atoms with Crippen molar-refractivity contribution in [2.75, 3.05) is 0 Å². The number of thiazole rings is 1. The first kappa shape index (κ1) is 23.6. The van der Waals surface area contributed by atoms with Crippen LogP contribution in [0.15, 0.2) is 84.5 Å². The lowest BCUT2D eigenvalue weighted by atomic mass is 9.87. The average Bonchev–Trinajstić information content (AvgIpc) is 3.37. The van der Waals surface area contributed by atoms with Gasteiger partial charge in [-0.2, -0.15) is 0 Å². The van der Waals surface area contributed by atoms with E-state index in [4.69, 9.17) is 16.7 Å². The molecular weight excluding hydrogens is 469 g/mol. The zero-order valence-corrected chi connectivity index (χ0v) is 19.9. The quantitative estimate of drug-likeness (QED) is 0.211. The molecule has 0 aliphatic carbocycles. The molecule has 170 valence electrons. The van der Waals surface area contributed by atoms with E-state index in [1.807, 2.05) is 37.4 Å². The Morgan fingerprint density at radius 1 is 1.06 bits per heavy atom. The molecule has 0 fully saturated rings. The molecule has 0 radical (unpaired) electrons. The molecule has 0 aliphatic rings. The van der Waals surface area contributed by atoms with Crippen molar-refractivity contribution < 1.29 is 14.3 Å². The van der Waals surface area contributed by atoms with Crippen LogP contribution in [0.3, 0.4) is 0 Å². The number of carboxylic acid groups (broad SMARTS) is 1. The van der Waals surface area contributed by atoms with Crippen LogP contribution < -0.4 is 0 Å². The van der Waals surface area contributed by atoms with Gasteiger partial charge in [-0.25, -0.2) is 9.18 Å². The number of halogens is 2. The summed E-state index contributed by atoms with van der Waals surface area (Å²) in [6.07, 6.45) is 5.18. The van der Waals surface area contributed by atoms with Gasteiger partial charge in [0.1, 0.15) is 5.82 Å². The molecule has 0 aliphatic heterocycles. The molecule has 0 amide bonds. The zero-order valence-electron chi connectivity index (χ0n) is 18.3. The second-order valence-electron chi connectivity index (χ2n) is 7.57. The van der Waals surface area contributed by atoms with E-state index in [2.05, 4.69) is 29.2 Å². The molecule has 3 nitrogen and oxygen atoms in total. The van der Waals surface area contributed by atoms with E-state index in [0.29, 0.717) is 11.4 Å². The van der Waals surface area contributed by atoms with E-state index in [-0.39, 0.29) is 5.82 Å². The van der Waals surface area contributed by atoms with Crippen LogP contribution in [0.1, 0.15) is 35.6 Å². The Morgan fingerprint density at radius 2 is 1.74 bits per heavy atom. The second kappa shape index (κ2) is 10.6. The first-order chi connectivity index (χ1) is 16.5. The fraction of sp³-hybridized carbons (Fsp3) is 0.0714. The highest BCUT2D eigenvalue weighted by molar-refractivity contribution is 7.13.